The topological polar surface area (TPSA) is 47.4 Å². The molecule has 1 aromatic heterocycles. The van der Waals surface area contributed by atoms with Gasteiger partial charge in [-0.1, -0.05) is 48.5 Å². The van der Waals surface area contributed by atoms with Gasteiger partial charge in [-0.2, -0.15) is 0 Å². The molecule has 1 saturated heterocycles. The minimum Gasteiger partial charge on any atom is -0.494 e. The number of benzene rings is 3. The van der Waals surface area contributed by atoms with Gasteiger partial charge in [-0.15, -0.1) is 0 Å². The van der Waals surface area contributed by atoms with Crippen molar-refractivity contribution in [3.8, 4) is 5.75 Å². The van der Waals surface area contributed by atoms with Crippen LogP contribution in [0.25, 0.3) is 11.0 Å². The summed E-state index contributed by atoms with van der Waals surface area (Å²) in [6, 6.07) is 28.0. The number of anilines is 1. The first-order valence-corrected chi connectivity index (χ1v) is 10.8. The monoisotopic (exact) mass is 411 g/mol. The number of hydrogen-bond donors (Lipinski definition) is 0. The van der Waals surface area contributed by atoms with E-state index in [9.17, 15) is 4.79 Å². The summed E-state index contributed by atoms with van der Waals surface area (Å²) in [7, 11) is 0. The SMILES string of the molecule is O=C1C[C@@H](c2nc3ccccc3n2CCCOc2ccccc2)CN1c1ccccc1. The number of carbonyl (C=O) groups excluding carboxylic acids is 1. The molecule has 0 spiro atoms. The molecule has 2 heterocycles. The average Bonchev–Trinajstić information content (AvgIpc) is 3.38. The molecular formula is C26H25N3O2. The predicted octanol–water partition coefficient (Wildman–Crippen LogP) is 5.03. The van der Waals surface area contributed by atoms with Crippen LogP contribution in [0.4, 0.5) is 5.69 Å². The molecule has 0 radical (unpaired) electrons. The number of nitrogens with zero attached hydrogens (tertiary/aromatic N) is 3. The van der Waals surface area contributed by atoms with Gasteiger partial charge in [0.25, 0.3) is 0 Å². The molecule has 1 fully saturated rings. The Labute approximate surface area is 181 Å². The van der Waals surface area contributed by atoms with Gasteiger partial charge in [-0.05, 0) is 42.8 Å². The summed E-state index contributed by atoms with van der Waals surface area (Å²) in [5.74, 6) is 2.11. The fraction of sp³-hybridized carbons (Fsp3) is 0.231. The zero-order chi connectivity index (χ0) is 21.0. The van der Waals surface area contributed by atoms with Crippen molar-refractivity contribution in [3.63, 3.8) is 0 Å². The highest BCUT2D eigenvalue weighted by atomic mass is 16.5. The van der Waals surface area contributed by atoms with Crippen LogP contribution in [0.5, 0.6) is 5.75 Å². The summed E-state index contributed by atoms with van der Waals surface area (Å²) in [4.78, 5) is 19.6. The van der Waals surface area contributed by atoms with Gasteiger partial charge in [0, 0.05) is 31.1 Å². The van der Waals surface area contributed by atoms with E-state index in [0.717, 1.165) is 41.3 Å². The van der Waals surface area contributed by atoms with E-state index in [2.05, 4.69) is 10.6 Å². The number of aromatic nitrogens is 2. The summed E-state index contributed by atoms with van der Waals surface area (Å²) < 4.78 is 8.15. The number of imidazole rings is 1. The minimum atomic E-state index is 0.0788. The summed E-state index contributed by atoms with van der Waals surface area (Å²) in [5, 5.41) is 0. The highest BCUT2D eigenvalue weighted by molar-refractivity contribution is 5.96. The first-order chi connectivity index (χ1) is 15.3. The molecule has 5 rings (SSSR count). The molecule has 1 amide bonds. The third-order valence-electron chi connectivity index (χ3n) is 5.78. The third kappa shape index (κ3) is 4.04. The van der Waals surface area contributed by atoms with Crippen molar-refractivity contribution in [2.24, 2.45) is 0 Å². The summed E-state index contributed by atoms with van der Waals surface area (Å²) >= 11 is 0. The number of fused-ring (bicyclic) bond motifs is 1. The summed E-state index contributed by atoms with van der Waals surface area (Å²) in [6.07, 6.45) is 1.35. The summed E-state index contributed by atoms with van der Waals surface area (Å²) in [6.45, 7) is 2.10. The molecule has 0 unspecified atom stereocenters. The van der Waals surface area contributed by atoms with Crippen LogP contribution in [0, 0.1) is 0 Å². The molecule has 3 aromatic carbocycles. The molecule has 0 aliphatic carbocycles. The maximum atomic E-state index is 12.8. The van der Waals surface area contributed by atoms with E-state index in [0.29, 0.717) is 19.6 Å². The van der Waals surface area contributed by atoms with E-state index >= 15 is 0 Å². The maximum absolute atomic E-state index is 12.8. The molecule has 0 bridgehead atoms. The van der Waals surface area contributed by atoms with Crippen LogP contribution in [-0.4, -0.2) is 28.6 Å². The Balaban J connectivity index is 1.35. The predicted molar refractivity (Wildman–Crippen MR) is 122 cm³/mol. The van der Waals surface area contributed by atoms with Crippen LogP contribution in [0.2, 0.25) is 0 Å². The van der Waals surface area contributed by atoms with Crippen LogP contribution in [0.15, 0.2) is 84.9 Å². The fourth-order valence-corrected chi connectivity index (χ4v) is 4.31. The van der Waals surface area contributed by atoms with Crippen LogP contribution in [0.1, 0.15) is 24.6 Å². The van der Waals surface area contributed by atoms with E-state index in [4.69, 9.17) is 9.72 Å². The second-order valence-corrected chi connectivity index (χ2v) is 7.87. The molecule has 5 nitrogen and oxygen atoms in total. The molecule has 5 heteroatoms. The Bertz CT molecular complexity index is 1170. The van der Waals surface area contributed by atoms with Gasteiger partial charge in [-0.25, -0.2) is 4.98 Å². The fourth-order valence-electron chi connectivity index (χ4n) is 4.31. The Hall–Kier alpha value is -3.60. The molecule has 156 valence electrons. The van der Waals surface area contributed by atoms with Crippen molar-refractivity contribution in [1.82, 2.24) is 9.55 Å². The van der Waals surface area contributed by atoms with Crippen molar-refractivity contribution >= 4 is 22.6 Å². The molecule has 1 aliphatic rings. The van der Waals surface area contributed by atoms with Gasteiger partial charge in [0.05, 0.1) is 17.6 Å². The van der Waals surface area contributed by atoms with Crippen LogP contribution < -0.4 is 9.64 Å². The highest BCUT2D eigenvalue weighted by Gasteiger charge is 2.34. The summed E-state index contributed by atoms with van der Waals surface area (Å²) in [5.41, 5.74) is 3.05. The number of carbonyl (C=O) groups is 1. The second kappa shape index (κ2) is 8.64. The lowest BCUT2D eigenvalue weighted by molar-refractivity contribution is -0.117. The first kappa shape index (κ1) is 19.4. The van der Waals surface area contributed by atoms with Gasteiger partial charge in [0.2, 0.25) is 5.91 Å². The Morgan fingerprint density at radius 2 is 1.61 bits per heavy atom. The number of hydrogen-bond acceptors (Lipinski definition) is 3. The van der Waals surface area contributed by atoms with Gasteiger partial charge >= 0.3 is 0 Å². The quantitative estimate of drug-likeness (QED) is 0.401. The van der Waals surface area contributed by atoms with Gasteiger partial charge in [0.15, 0.2) is 0 Å². The zero-order valence-electron chi connectivity index (χ0n) is 17.4. The first-order valence-electron chi connectivity index (χ1n) is 10.8. The largest absolute Gasteiger partial charge is 0.494 e. The number of amides is 1. The van der Waals surface area contributed by atoms with Crippen LogP contribution >= 0.6 is 0 Å². The maximum Gasteiger partial charge on any atom is 0.227 e. The third-order valence-corrected chi connectivity index (χ3v) is 5.78. The number of para-hydroxylation sites is 4. The average molecular weight is 412 g/mol. The Morgan fingerprint density at radius 1 is 0.903 bits per heavy atom. The molecule has 1 atom stereocenters. The van der Waals surface area contributed by atoms with Gasteiger partial charge in [-0.3, -0.25) is 4.79 Å². The van der Waals surface area contributed by atoms with E-state index in [-0.39, 0.29) is 11.8 Å². The van der Waals surface area contributed by atoms with Crippen LogP contribution in [0.3, 0.4) is 0 Å². The molecular weight excluding hydrogens is 386 g/mol. The Morgan fingerprint density at radius 3 is 2.42 bits per heavy atom. The zero-order valence-corrected chi connectivity index (χ0v) is 17.4. The minimum absolute atomic E-state index is 0.0788. The number of rotatable bonds is 7. The van der Waals surface area contributed by atoms with Crippen molar-refractivity contribution in [2.45, 2.75) is 25.3 Å². The van der Waals surface area contributed by atoms with Gasteiger partial charge in [0.1, 0.15) is 11.6 Å². The Kier molecular flexibility index (Phi) is 5.40. The van der Waals surface area contributed by atoms with E-state index in [1.54, 1.807) is 0 Å². The van der Waals surface area contributed by atoms with Gasteiger partial charge < -0.3 is 14.2 Å². The molecule has 0 saturated carbocycles. The lowest BCUT2D eigenvalue weighted by Crippen LogP contribution is -2.24. The van der Waals surface area contributed by atoms with E-state index in [1.165, 1.54) is 0 Å². The van der Waals surface area contributed by atoms with Crippen molar-refractivity contribution in [3.05, 3.63) is 90.8 Å². The smallest absolute Gasteiger partial charge is 0.227 e. The van der Waals surface area contributed by atoms with Crippen molar-refractivity contribution in [2.75, 3.05) is 18.1 Å². The van der Waals surface area contributed by atoms with Crippen molar-refractivity contribution in [1.29, 1.82) is 0 Å². The van der Waals surface area contributed by atoms with Crippen molar-refractivity contribution < 1.29 is 9.53 Å². The lowest BCUT2D eigenvalue weighted by Gasteiger charge is -2.17. The normalized spacial score (nSPS) is 16.2. The highest BCUT2D eigenvalue weighted by Crippen LogP contribution is 2.33. The van der Waals surface area contributed by atoms with E-state index in [1.807, 2.05) is 83.8 Å². The molecule has 1 aliphatic heterocycles. The van der Waals surface area contributed by atoms with E-state index < -0.39 is 0 Å². The number of aryl methyl sites for hydroxylation is 1. The van der Waals surface area contributed by atoms with Crippen LogP contribution in [-0.2, 0) is 11.3 Å². The number of ether oxygens (including phenoxy) is 1. The standard InChI is InChI=1S/C26H25N3O2/c30-25-18-20(19-29(25)21-10-3-1-4-11-21)26-27-23-14-7-8-15-24(23)28(26)16-9-17-31-22-12-5-2-6-13-22/h1-8,10-15,20H,9,16-19H2/t20-/m1/s1. The second-order valence-electron chi connectivity index (χ2n) is 7.87. The molecule has 0 N–H and O–H groups in total. The lowest BCUT2D eigenvalue weighted by atomic mass is 10.1. The molecule has 4 aromatic rings. The molecule has 31 heavy (non-hydrogen) atoms.